The fourth-order valence-corrected chi connectivity index (χ4v) is 4.61. The van der Waals surface area contributed by atoms with Crippen molar-refractivity contribution in [3.05, 3.63) is 29.8 Å². The lowest BCUT2D eigenvalue weighted by Gasteiger charge is -2.37. The molecule has 6 nitrogen and oxygen atoms in total. The van der Waals surface area contributed by atoms with Gasteiger partial charge in [0.1, 0.15) is 11.9 Å². The molecule has 2 atom stereocenters. The van der Waals surface area contributed by atoms with Crippen LogP contribution in [0, 0.1) is 0 Å². The summed E-state index contributed by atoms with van der Waals surface area (Å²) in [4.78, 5) is 6.80. The van der Waals surface area contributed by atoms with Crippen LogP contribution in [0.3, 0.4) is 0 Å². The van der Waals surface area contributed by atoms with Gasteiger partial charge in [0.05, 0.1) is 18.8 Å². The third-order valence-corrected chi connectivity index (χ3v) is 6.19. The van der Waals surface area contributed by atoms with Gasteiger partial charge < -0.3 is 24.4 Å². The van der Waals surface area contributed by atoms with Gasteiger partial charge in [-0.3, -0.25) is 4.99 Å². The lowest BCUT2D eigenvalue weighted by atomic mass is 9.98. The van der Waals surface area contributed by atoms with Gasteiger partial charge in [0.2, 0.25) is 0 Å². The SMILES string of the molecule is CN=C(NCc1cccc(OC2CCCCC2)c1)N1CCOC(C2CCCO2)C1.I. The van der Waals surface area contributed by atoms with Crippen LogP contribution in [0.2, 0.25) is 0 Å². The molecule has 3 fully saturated rings. The molecule has 0 aromatic heterocycles. The largest absolute Gasteiger partial charge is 0.490 e. The highest BCUT2D eigenvalue weighted by molar-refractivity contribution is 14.0. The molecule has 2 unspecified atom stereocenters. The van der Waals surface area contributed by atoms with Gasteiger partial charge in [0.15, 0.2) is 5.96 Å². The fraction of sp³-hybridized carbons (Fsp3) is 0.696. The minimum Gasteiger partial charge on any atom is -0.490 e. The molecule has 7 heteroatoms. The van der Waals surface area contributed by atoms with E-state index in [4.69, 9.17) is 14.2 Å². The van der Waals surface area contributed by atoms with Crippen LogP contribution in [0.4, 0.5) is 0 Å². The van der Waals surface area contributed by atoms with Gasteiger partial charge in [-0.05, 0) is 56.2 Å². The molecule has 1 aliphatic carbocycles. The van der Waals surface area contributed by atoms with Crippen LogP contribution in [0.15, 0.2) is 29.3 Å². The maximum absolute atomic E-state index is 6.22. The predicted molar refractivity (Wildman–Crippen MR) is 130 cm³/mol. The van der Waals surface area contributed by atoms with E-state index < -0.39 is 0 Å². The van der Waals surface area contributed by atoms with Crippen molar-refractivity contribution in [1.29, 1.82) is 0 Å². The summed E-state index contributed by atoms with van der Waals surface area (Å²) in [6.45, 7) is 3.99. The van der Waals surface area contributed by atoms with Crippen molar-refractivity contribution in [3.8, 4) is 5.75 Å². The Bertz CT molecular complexity index is 675. The zero-order valence-corrected chi connectivity index (χ0v) is 20.4. The molecule has 0 spiro atoms. The number of halogens is 1. The Morgan fingerprint density at radius 2 is 1.93 bits per heavy atom. The van der Waals surface area contributed by atoms with Crippen LogP contribution in [0.25, 0.3) is 0 Å². The average Bonchev–Trinajstić information content (AvgIpc) is 3.31. The maximum Gasteiger partial charge on any atom is 0.194 e. The molecule has 0 amide bonds. The monoisotopic (exact) mass is 529 g/mol. The van der Waals surface area contributed by atoms with E-state index in [1.165, 1.54) is 37.7 Å². The van der Waals surface area contributed by atoms with Gasteiger partial charge in [-0.1, -0.05) is 18.6 Å². The lowest BCUT2D eigenvalue weighted by molar-refractivity contribution is -0.0817. The normalized spacial score (nSPS) is 25.6. The number of aliphatic imine (C=N–C) groups is 1. The van der Waals surface area contributed by atoms with Crippen molar-refractivity contribution >= 4 is 29.9 Å². The topological polar surface area (TPSA) is 55.3 Å². The number of hydrogen-bond acceptors (Lipinski definition) is 4. The number of ether oxygens (including phenoxy) is 3. The number of nitrogens with one attached hydrogen (secondary N) is 1. The first-order valence-electron chi connectivity index (χ1n) is 11.3. The van der Waals surface area contributed by atoms with Crippen molar-refractivity contribution in [1.82, 2.24) is 10.2 Å². The van der Waals surface area contributed by atoms with Crippen molar-refractivity contribution < 1.29 is 14.2 Å². The van der Waals surface area contributed by atoms with E-state index in [-0.39, 0.29) is 36.2 Å². The Morgan fingerprint density at radius 3 is 2.70 bits per heavy atom. The van der Waals surface area contributed by atoms with Crippen molar-refractivity contribution in [3.63, 3.8) is 0 Å². The molecule has 2 saturated heterocycles. The maximum atomic E-state index is 6.22. The Morgan fingerprint density at radius 1 is 1.10 bits per heavy atom. The molecule has 2 heterocycles. The highest BCUT2D eigenvalue weighted by Crippen LogP contribution is 2.24. The standard InChI is InChI=1S/C23H35N3O3.HI/c1-24-23(26-12-14-28-22(17-26)21-11-6-13-27-21)25-16-18-7-5-10-20(15-18)29-19-8-3-2-4-9-19;/h5,7,10,15,19,21-22H,2-4,6,8-9,11-14,16-17H2,1H3,(H,24,25);1H. The van der Waals surface area contributed by atoms with Crippen LogP contribution in [0.5, 0.6) is 5.75 Å². The Kier molecular flexibility index (Phi) is 9.52. The fourth-order valence-electron chi connectivity index (χ4n) is 4.61. The van der Waals surface area contributed by atoms with E-state index in [1.54, 1.807) is 0 Å². The summed E-state index contributed by atoms with van der Waals surface area (Å²) in [7, 11) is 1.85. The number of benzene rings is 1. The van der Waals surface area contributed by atoms with E-state index in [0.717, 1.165) is 57.4 Å². The second-order valence-electron chi connectivity index (χ2n) is 8.33. The van der Waals surface area contributed by atoms with Crippen molar-refractivity contribution in [2.45, 2.75) is 69.8 Å². The number of nitrogens with zero attached hydrogens (tertiary/aromatic N) is 2. The Labute approximate surface area is 197 Å². The van der Waals surface area contributed by atoms with Crippen molar-refractivity contribution in [2.75, 3.05) is 33.4 Å². The predicted octanol–water partition coefficient (Wildman–Crippen LogP) is 3.97. The first-order chi connectivity index (χ1) is 14.3. The summed E-state index contributed by atoms with van der Waals surface area (Å²) < 4.78 is 18.0. The second-order valence-corrected chi connectivity index (χ2v) is 8.33. The molecular formula is C23H36IN3O3. The van der Waals surface area contributed by atoms with Crippen LogP contribution in [-0.2, 0) is 16.0 Å². The van der Waals surface area contributed by atoms with Gasteiger partial charge >= 0.3 is 0 Å². The average molecular weight is 529 g/mol. The van der Waals surface area contributed by atoms with Crippen LogP contribution in [-0.4, -0.2) is 62.5 Å². The number of guanidine groups is 1. The summed E-state index contributed by atoms with van der Waals surface area (Å²) in [5.74, 6) is 1.91. The molecule has 168 valence electrons. The van der Waals surface area contributed by atoms with Crippen LogP contribution < -0.4 is 10.1 Å². The van der Waals surface area contributed by atoms with E-state index in [9.17, 15) is 0 Å². The summed E-state index contributed by atoms with van der Waals surface area (Å²) >= 11 is 0. The van der Waals surface area contributed by atoms with E-state index in [1.807, 2.05) is 7.05 Å². The molecule has 0 bridgehead atoms. The van der Waals surface area contributed by atoms with E-state index >= 15 is 0 Å². The Balaban J connectivity index is 0.00000256. The Hall–Kier alpha value is -1.06. The zero-order chi connectivity index (χ0) is 19.9. The van der Waals surface area contributed by atoms with Gasteiger partial charge in [-0.2, -0.15) is 0 Å². The van der Waals surface area contributed by atoms with Crippen LogP contribution in [0.1, 0.15) is 50.5 Å². The number of morpholine rings is 1. The van der Waals surface area contributed by atoms with Gasteiger partial charge in [-0.25, -0.2) is 0 Å². The van der Waals surface area contributed by atoms with Crippen molar-refractivity contribution in [2.24, 2.45) is 4.99 Å². The zero-order valence-electron chi connectivity index (χ0n) is 18.1. The molecule has 0 radical (unpaired) electrons. The molecule has 1 aromatic rings. The smallest absolute Gasteiger partial charge is 0.194 e. The molecule has 4 rings (SSSR count). The summed E-state index contributed by atoms with van der Waals surface area (Å²) in [5, 5.41) is 3.52. The van der Waals surface area contributed by atoms with Gasteiger partial charge in [0.25, 0.3) is 0 Å². The quantitative estimate of drug-likeness (QED) is 0.356. The molecule has 2 aliphatic heterocycles. The van der Waals surface area contributed by atoms with Gasteiger partial charge in [0, 0.05) is 33.3 Å². The van der Waals surface area contributed by atoms with E-state index in [2.05, 4.69) is 39.5 Å². The first-order valence-corrected chi connectivity index (χ1v) is 11.3. The molecule has 1 aromatic carbocycles. The molecule has 30 heavy (non-hydrogen) atoms. The molecular weight excluding hydrogens is 493 g/mol. The van der Waals surface area contributed by atoms with Gasteiger partial charge in [-0.15, -0.1) is 24.0 Å². The third kappa shape index (κ3) is 6.47. The summed E-state index contributed by atoms with van der Waals surface area (Å²) in [6, 6.07) is 8.45. The second kappa shape index (κ2) is 12.1. The minimum atomic E-state index is 0. The molecule has 3 aliphatic rings. The van der Waals surface area contributed by atoms with E-state index in [0.29, 0.717) is 6.10 Å². The van der Waals surface area contributed by atoms with Crippen LogP contribution >= 0.6 is 24.0 Å². The summed E-state index contributed by atoms with van der Waals surface area (Å²) in [6.07, 6.45) is 9.25. The molecule has 1 N–H and O–H groups in total. The highest BCUT2D eigenvalue weighted by Gasteiger charge is 2.32. The number of hydrogen-bond donors (Lipinski definition) is 1. The highest BCUT2D eigenvalue weighted by atomic mass is 127. The third-order valence-electron chi connectivity index (χ3n) is 6.19. The minimum absolute atomic E-state index is 0. The first kappa shape index (κ1) is 23.6. The lowest BCUT2D eigenvalue weighted by Crippen LogP contribution is -2.53. The molecule has 1 saturated carbocycles. The summed E-state index contributed by atoms with van der Waals surface area (Å²) in [5.41, 5.74) is 1.21. The number of rotatable bonds is 5.